The second-order valence-corrected chi connectivity index (χ2v) is 11.3. The van der Waals surface area contributed by atoms with E-state index in [2.05, 4.69) is 10.3 Å². The van der Waals surface area contributed by atoms with Crippen LogP contribution >= 0.6 is 23.2 Å². The fourth-order valence-electron chi connectivity index (χ4n) is 6.50. The number of nitrogens with one attached hydrogen (secondary N) is 2. The first-order valence-electron chi connectivity index (χ1n) is 13.0. The highest BCUT2D eigenvalue weighted by atomic mass is 35.5. The van der Waals surface area contributed by atoms with E-state index in [1.165, 1.54) is 6.07 Å². The molecule has 0 bridgehead atoms. The van der Waals surface area contributed by atoms with E-state index in [0.29, 0.717) is 24.8 Å². The summed E-state index contributed by atoms with van der Waals surface area (Å²) < 4.78 is 14.2. The van der Waals surface area contributed by atoms with E-state index < -0.39 is 17.9 Å². The van der Waals surface area contributed by atoms with Gasteiger partial charge in [-0.3, -0.25) is 19.2 Å². The number of ketones is 2. The van der Waals surface area contributed by atoms with Gasteiger partial charge >= 0.3 is 0 Å². The lowest BCUT2D eigenvalue weighted by molar-refractivity contribution is -0.131. The number of amides is 2. The fourth-order valence-corrected chi connectivity index (χ4v) is 7.02. The first-order valence-corrected chi connectivity index (χ1v) is 13.8. The van der Waals surface area contributed by atoms with Gasteiger partial charge in [-0.05, 0) is 56.1 Å². The quantitative estimate of drug-likeness (QED) is 0.470. The van der Waals surface area contributed by atoms with E-state index in [1.807, 2.05) is 0 Å². The highest BCUT2D eigenvalue weighted by Gasteiger charge is 2.50. The third-order valence-electron chi connectivity index (χ3n) is 8.41. The van der Waals surface area contributed by atoms with E-state index >= 15 is 0 Å². The van der Waals surface area contributed by atoms with Crippen LogP contribution in [0.25, 0.3) is 10.9 Å². The maximum Gasteiger partial charge on any atom is 0.271 e. The maximum atomic E-state index is 14.2. The Bertz CT molecular complexity index is 1280. The average Bonchev–Trinajstić information content (AvgIpc) is 3.65. The Labute approximate surface area is 224 Å². The molecule has 0 spiro atoms. The summed E-state index contributed by atoms with van der Waals surface area (Å²) in [5.41, 5.74) is 0.455. The SMILES string of the molecule is CCC(=O)C(CC1CCCC1=O)NC(=O)C1C2CCCC2CN1C(=O)c1cc2cc(Cl)c(F)c(Cl)c2[nH]1. The van der Waals surface area contributed by atoms with E-state index in [0.717, 1.165) is 32.1 Å². The van der Waals surface area contributed by atoms with Crippen LogP contribution in [0.4, 0.5) is 4.39 Å². The number of fused-ring (bicyclic) bond motifs is 2. The molecule has 3 fully saturated rings. The highest BCUT2D eigenvalue weighted by Crippen LogP contribution is 2.43. The van der Waals surface area contributed by atoms with Gasteiger partial charge in [0.1, 0.15) is 22.5 Å². The Kier molecular flexibility index (Phi) is 7.33. The monoisotopic (exact) mass is 549 g/mol. The molecule has 2 aromatic rings. The molecule has 2 saturated carbocycles. The number of carbonyl (C=O) groups excluding carboxylic acids is 4. The molecule has 5 unspecified atom stereocenters. The summed E-state index contributed by atoms with van der Waals surface area (Å²) in [6.45, 7) is 2.17. The summed E-state index contributed by atoms with van der Waals surface area (Å²) in [5, 5.41) is 3.08. The molecule has 2 aliphatic carbocycles. The number of carbonyl (C=O) groups is 4. The topological polar surface area (TPSA) is 99.3 Å². The smallest absolute Gasteiger partial charge is 0.271 e. The number of Topliss-reactive ketones (excluding diaryl/α,β-unsaturated/α-hetero) is 2. The highest BCUT2D eigenvalue weighted by molar-refractivity contribution is 6.38. The zero-order chi connectivity index (χ0) is 26.4. The lowest BCUT2D eigenvalue weighted by Gasteiger charge is -2.29. The molecular formula is C27H30Cl2FN3O4. The minimum absolute atomic E-state index is 0.00528. The van der Waals surface area contributed by atoms with Crippen molar-refractivity contribution in [1.82, 2.24) is 15.2 Å². The number of rotatable bonds is 7. The minimum Gasteiger partial charge on any atom is -0.349 e. The van der Waals surface area contributed by atoms with Gasteiger partial charge in [-0.2, -0.15) is 0 Å². The number of halogens is 3. The van der Waals surface area contributed by atoms with Crippen molar-refractivity contribution in [2.75, 3.05) is 6.54 Å². The standard InChI is InChI=1S/C27H30Cl2FN3O4/c1-2-20(34)18(10-13-5-4-8-21(13)35)32-26(36)25-16-7-3-6-14(16)12-33(25)27(37)19-11-15-9-17(28)23(30)22(29)24(15)31-19/h9,11,13-14,16,18,25,31H,2-8,10,12H2,1H3,(H,32,36). The van der Waals surface area contributed by atoms with Crippen LogP contribution in [0.1, 0.15) is 68.8 Å². The number of hydrogen-bond donors (Lipinski definition) is 2. The molecule has 1 saturated heterocycles. The van der Waals surface area contributed by atoms with Gasteiger partial charge in [0.05, 0.1) is 16.6 Å². The molecule has 198 valence electrons. The third kappa shape index (κ3) is 4.78. The van der Waals surface area contributed by atoms with E-state index in [4.69, 9.17) is 23.2 Å². The number of aromatic nitrogens is 1. The van der Waals surface area contributed by atoms with Gasteiger partial charge in [0, 0.05) is 30.7 Å². The predicted molar refractivity (Wildman–Crippen MR) is 138 cm³/mol. The lowest BCUT2D eigenvalue weighted by atomic mass is 9.91. The molecule has 2 amide bonds. The Morgan fingerprint density at radius 3 is 2.68 bits per heavy atom. The predicted octanol–water partition coefficient (Wildman–Crippen LogP) is 5.08. The summed E-state index contributed by atoms with van der Waals surface area (Å²) in [5.74, 6) is -1.51. The number of H-pyrrole nitrogens is 1. The zero-order valence-corrected chi connectivity index (χ0v) is 22.1. The van der Waals surface area contributed by atoms with Gasteiger partial charge in [-0.1, -0.05) is 36.5 Å². The van der Waals surface area contributed by atoms with E-state index in [1.54, 1.807) is 17.9 Å². The van der Waals surface area contributed by atoms with Gasteiger partial charge in [-0.15, -0.1) is 0 Å². The van der Waals surface area contributed by atoms with Gasteiger partial charge in [0.15, 0.2) is 11.6 Å². The number of benzene rings is 1. The first kappa shape index (κ1) is 26.2. The molecule has 1 aromatic carbocycles. The molecule has 5 atom stereocenters. The van der Waals surface area contributed by atoms with Crippen LogP contribution in [-0.4, -0.2) is 51.9 Å². The Hall–Kier alpha value is -2.45. The summed E-state index contributed by atoms with van der Waals surface area (Å²) in [7, 11) is 0. The van der Waals surface area contributed by atoms with Gasteiger partial charge in [0.2, 0.25) is 5.91 Å². The van der Waals surface area contributed by atoms with Crippen LogP contribution in [0, 0.1) is 23.6 Å². The van der Waals surface area contributed by atoms with Crippen molar-refractivity contribution in [1.29, 1.82) is 0 Å². The van der Waals surface area contributed by atoms with Crippen molar-refractivity contribution in [3.05, 3.63) is 33.7 Å². The van der Waals surface area contributed by atoms with Crippen LogP contribution in [0.2, 0.25) is 10.0 Å². The molecule has 10 heteroatoms. The average molecular weight is 550 g/mol. The first-order chi connectivity index (χ1) is 17.7. The van der Waals surface area contributed by atoms with Crippen molar-refractivity contribution < 1.29 is 23.6 Å². The molecule has 3 aliphatic rings. The van der Waals surface area contributed by atoms with Crippen LogP contribution in [-0.2, 0) is 14.4 Å². The summed E-state index contributed by atoms with van der Waals surface area (Å²) in [6, 6.07) is 1.49. The van der Waals surface area contributed by atoms with E-state index in [-0.39, 0.29) is 68.8 Å². The molecular weight excluding hydrogens is 520 g/mol. The number of likely N-dealkylation sites (tertiary alicyclic amines) is 1. The largest absolute Gasteiger partial charge is 0.349 e. The van der Waals surface area contributed by atoms with Crippen molar-refractivity contribution in [3.8, 4) is 0 Å². The van der Waals surface area contributed by atoms with E-state index in [9.17, 15) is 23.6 Å². The molecule has 37 heavy (non-hydrogen) atoms. The molecule has 2 N–H and O–H groups in total. The number of hydrogen-bond acceptors (Lipinski definition) is 4. The Morgan fingerprint density at radius 2 is 1.97 bits per heavy atom. The molecule has 1 aromatic heterocycles. The van der Waals surface area contributed by atoms with Crippen molar-refractivity contribution in [2.45, 2.75) is 70.4 Å². The second-order valence-electron chi connectivity index (χ2n) is 10.6. The van der Waals surface area contributed by atoms with Crippen LogP contribution in [0.5, 0.6) is 0 Å². The Morgan fingerprint density at radius 1 is 1.19 bits per heavy atom. The third-order valence-corrected chi connectivity index (χ3v) is 9.04. The maximum absolute atomic E-state index is 14.2. The minimum atomic E-state index is -0.767. The number of aromatic amines is 1. The van der Waals surface area contributed by atoms with Crippen molar-refractivity contribution in [3.63, 3.8) is 0 Å². The Balaban J connectivity index is 1.41. The second kappa shape index (κ2) is 10.4. The van der Waals surface area contributed by atoms with Crippen molar-refractivity contribution >= 4 is 57.5 Å². The van der Waals surface area contributed by atoms with Gasteiger partial charge in [0.25, 0.3) is 5.91 Å². The summed E-state index contributed by atoms with van der Waals surface area (Å²) in [4.78, 5) is 56.8. The van der Waals surface area contributed by atoms with Crippen LogP contribution in [0.15, 0.2) is 12.1 Å². The fraction of sp³-hybridized carbons (Fsp3) is 0.556. The molecule has 1 aliphatic heterocycles. The normalized spacial score (nSPS) is 26.1. The van der Waals surface area contributed by atoms with Crippen LogP contribution in [0.3, 0.4) is 0 Å². The van der Waals surface area contributed by atoms with Gasteiger partial charge in [-0.25, -0.2) is 4.39 Å². The summed E-state index contributed by atoms with van der Waals surface area (Å²) >= 11 is 12.0. The van der Waals surface area contributed by atoms with Crippen molar-refractivity contribution in [2.24, 2.45) is 17.8 Å². The molecule has 0 radical (unpaired) electrons. The summed E-state index contributed by atoms with van der Waals surface area (Å²) in [6.07, 6.45) is 5.33. The molecule has 5 rings (SSSR count). The zero-order valence-electron chi connectivity index (χ0n) is 20.6. The number of nitrogens with zero attached hydrogens (tertiary/aromatic N) is 1. The molecule has 2 heterocycles. The van der Waals surface area contributed by atoms with Gasteiger partial charge < -0.3 is 15.2 Å². The lowest BCUT2D eigenvalue weighted by Crippen LogP contribution is -2.53. The van der Waals surface area contributed by atoms with Crippen LogP contribution < -0.4 is 5.32 Å². The molecule has 7 nitrogen and oxygen atoms in total.